The molecule has 9 heteroatoms. The van der Waals surface area contributed by atoms with Gasteiger partial charge in [0.2, 0.25) is 0 Å². The van der Waals surface area contributed by atoms with E-state index in [-0.39, 0.29) is 24.8 Å². The average Bonchev–Trinajstić information content (AvgIpc) is 3.03. The molecular weight excluding hydrogens is 477 g/mol. The largest absolute Gasteiger partial charge is 0.497 e. The molecule has 2 aromatic carbocycles. The minimum atomic E-state index is -0.513. The Kier molecular flexibility index (Phi) is 9.67. The van der Waals surface area contributed by atoms with Crippen molar-refractivity contribution in [2.75, 3.05) is 26.7 Å². The Labute approximate surface area is 203 Å². The highest BCUT2D eigenvalue weighted by atomic mass is 35.5. The molecule has 1 atom stereocenters. The van der Waals surface area contributed by atoms with Gasteiger partial charge in [-0.3, -0.25) is 5.41 Å². The molecule has 1 aliphatic heterocycles. The Morgan fingerprint density at radius 1 is 1.19 bits per heavy atom. The van der Waals surface area contributed by atoms with Crippen LogP contribution in [0, 0.1) is 11.3 Å². The number of likely N-dealkylation sites (tertiary alicyclic amines) is 1. The number of fused-ring (bicyclic) bond motifs is 1. The number of rotatable bonds is 6. The molecule has 1 aromatic heterocycles. The van der Waals surface area contributed by atoms with E-state index in [9.17, 15) is 5.11 Å². The fourth-order valence-corrected chi connectivity index (χ4v) is 5.25. The molecule has 31 heavy (non-hydrogen) atoms. The van der Waals surface area contributed by atoms with Crippen molar-refractivity contribution in [3.05, 3.63) is 57.9 Å². The summed E-state index contributed by atoms with van der Waals surface area (Å²) in [5, 5.41) is 19.7. The second-order valence-corrected chi connectivity index (χ2v) is 9.13. The lowest BCUT2D eigenvalue weighted by Crippen LogP contribution is -2.38. The Morgan fingerprint density at radius 2 is 1.94 bits per heavy atom. The van der Waals surface area contributed by atoms with Crippen molar-refractivity contribution in [1.82, 2.24) is 9.47 Å². The number of benzene rings is 2. The molecule has 0 radical (unpaired) electrons. The van der Waals surface area contributed by atoms with E-state index in [1.54, 1.807) is 7.11 Å². The zero-order valence-electron chi connectivity index (χ0n) is 17.3. The lowest BCUT2D eigenvalue weighted by Gasteiger charge is -2.33. The van der Waals surface area contributed by atoms with Gasteiger partial charge in [-0.25, -0.2) is 0 Å². The van der Waals surface area contributed by atoms with Gasteiger partial charge in [0.1, 0.15) is 5.75 Å². The molecule has 0 amide bonds. The fourth-order valence-electron chi connectivity index (χ4n) is 4.05. The van der Waals surface area contributed by atoms with Gasteiger partial charge in [-0.05, 0) is 67.7 Å². The van der Waals surface area contributed by atoms with E-state index in [0.29, 0.717) is 22.3 Å². The minimum absolute atomic E-state index is 0. The van der Waals surface area contributed by atoms with Gasteiger partial charge in [0.05, 0.1) is 23.4 Å². The summed E-state index contributed by atoms with van der Waals surface area (Å²) in [6, 6.07) is 13.5. The van der Waals surface area contributed by atoms with Gasteiger partial charge in [0.15, 0.2) is 4.80 Å². The zero-order chi connectivity index (χ0) is 20.4. The van der Waals surface area contributed by atoms with E-state index in [0.717, 1.165) is 54.0 Å². The number of β-amino-alcohol motifs (C(OH)–C–C–N with tert-alkyl or cyclic N) is 1. The standard InChI is InChI=1S/C22H26ClN3O2S.2ClH/c1-28-18-4-2-3-16(11-18)20(27)14-25-9-7-15(8-10-25)13-26-19-6-5-17(23)12-21(19)29-22(26)24;;/h2-6,11-12,15,20,24,27H,7-10,13-14H2,1H3;2*1H/t20-;;/m1../s1. The molecule has 1 aliphatic rings. The van der Waals surface area contributed by atoms with Gasteiger partial charge in [-0.2, -0.15) is 0 Å². The summed E-state index contributed by atoms with van der Waals surface area (Å²) >= 11 is 7.58. The van der Waals surface area contributed by atoms with E-state index < -0.39 is 6.10 Å². The first kappa shape index (κ1) is 26.0. The van der Waals surface area contributed by atoms with Crippen LogP contribution in [0.5, 0.6) is 5.75 Å². The number of thiazole rings is 1. The number of methoxy groups -OCH3 is 1. The fraction of sp³-hybridized carbons (Fsp3) is 0.409. The predicted molar refractivity (Wildman–Crippen MR) is 132 cm³/mol. The van der Waals surface area contributed by atoms with Crippen LogP contribution in [0.4, 0.5) is 0 Å². The van der Waals surface area contributed by atoms with E-state index >= 15 is 0 Å². The highest BCUT2D eigenvalue weighted by Crippen LogP contribution is 2.26. The smallest absolute Gasteiger partial charge is 0.182 e. The monoisotopic (exact) mass is 503 g/mol. The molecule has 4 rings (SSSR count). The van der Waals surface area contributed by atoms with E-state index in [1.165, 1.54) is 11.3 Å². The third-order valence-corrected chi connectivity index (χ3v) is 6.92. The Bertz CT molecular complexity index is 1050. The van der Waals surface area contributed by atoms with Crippen LogP contribution >= 0.6 is 47.8 Å². The maximum Gasteiger partial charge on any atom is 0.182 e. The van der Waals surface area contributed by atoms with Crippen molar-refractivity contribution in [2.24, 2.45) is 5.92 Å². The number of aliphatic hydroxyl groups is 1. The van der Waals surface area contributed by atoms with Crippen LogP contribution in [-0.4, -0.2) is 41.3 Å². The van der Waals surface area contributed by atoms with Crippen LogP contribution in [0.2, 0.25) is 5.02 Å². The SMILES string of the molecule is COc1cccc([C@H](O)CN2CCC(Cn3c(=N)sc4cc(Cl)ccc43)CC2)c1.Cl.Cl. The molecule has 170 valence electrons. The first-order chi connectivity index (χ1) is 14.0. The summed E-state index contributed by atoms with van der Waals surface area (Å²) in [7, 11) is 1.64. The number of piperidine rings is 1. The maximum absolute atomic E-state index is 10.6. The van der Waals surface area contributed by atoms with Gasteiger partial charge >= 0.3 is 0 Å². The van der Waals surface area contributed by atoms with Crippen molar-refractivity contribution in [1.29, 1.82) is 5.41 Å². The average molecular weight is 505 g/mol. The van der Waals surface area contributed by atoms with Gasteiger partial charge in [0.25, 0.3) is 0 Å². The number of halogens is 3. The van der Waals surface area contributed by atoms with Gasteiger partial charge in [-0.1, -0.05) is 35.1 Å². The van der Waals surface area contributed by atoms with Crippen LogP contribution in [0.1, 0.15) is 24.5 Å². The number of nitrogens with zero attached hydrogens (tertiary/aromatic N) is 2. The van der Waals surface area contributed by atoms with Crippen LogP contribution in [0.25, 0.3) is 10.2 Å². The van der Waals surface area contributed by atoms with E-state index in [1.807, 2.05) is 42.5 Å². The van der Waals surface area contributed by atoms with Gasteiger partial charge < -0.3 is 19.3 Å². The second kappa shape index (κ2) is 11.5. The maximum atomic E-state index is 10.6. The molecule has 2 heterocycles. The number of aromatic nitrogens is 1. The first-order valence-electron chi connectivity index (χ1n) is 9.91. The summed E-state index contributed by atoms with van der Waals surface area (Å²) in [5.74, 6) is 1.32. The Morgan fingerprint density at radius 3 is 2.65 bits per heavy atom. The Balaban J connectivity index is 0.00000171. The normalized spacial score (nSPS) is 15.8. The van der Waals surface area contributed by atoms with Crippen LogP contribution in [0.3, 0.4) is 0 Å². The second-order valence-electron chi connectivity index (χ2n) is 7.67. The van der Waals surface area contributed by atoms with Gasteiger partial charge in [-0.15, -0.1) is 24.8 Å². The molecule has 0 unspecified atom stereocenters. The number of nitrogens with one attached hydrogen (secondary N) is 1. The number of aliphatic hydroxyl groups excluding tert-OH is 1. The molecule has 1 saturated heterocycles. The minimum Gasteiger partial charge on any atom is -0.497 e. The summed E-state index contributed by atoms with van der Waals surface area (Å²) < 4.78 is 8.44. The predicted octanol–water partition coefficient (Wildman–Crippen LogP) is 5.13. The lowest BCUT2D eigenvalue weighted by molar-refractivity contribution is 0.0866. The van der Waals surface area contributed by atoms with Crippen LogP contribution in [0.15, 0.2) is 42.5 Å². The molecule has 0 bridgehead atoms. The molecule has 0 saturated carbocycles. The Hall–Kier alpha value is -1.28. The topological polar surface area (TPSA) is 61.5 Å². The molecular formula is C22H28Cl3N3O2S. The molecule has 0 spiro atoms. The van der Waals surface area contributed by atoms with Crippen molar-refractivity contribution in [3.8, 4) is 5.75 Å². The van der Waals surface area contributed by atoms with Gasteiger partial charge in [0, 0.05) is 18.1 Å². The number of hydrogen-bond donors (Lipinski definition) is 2. The summed E-state index contributed by atoms with van der Waals surface area (Å²) in [6.45, 7) is 3.43. The zero-order valence-corrected chi connectivity index (χ0v) is 20.5. The number of ether oxygens (including phenoxy) is 1. The third kappa shape index (κ3) is 6.15. The molecule has 2 N–H and O–H groups in total. The number of hydrogen-bond acceptors (Lipinski definition) is 5. The lowest BCUT2D eigenvalue weighted by atomic mass is 9.96. The highest BCUT2D eigenvalue weighted by molar-refractivity contribution is 7.16. The van der Waals surface area contributed by atoms with Crippen molar-refractivity contribution < 1.29 is 9.84 Å². The van der Waals surface area contributed by atoms with E-state index in [4.69, 9.17) is 21.7 Å². The molecule has 0 aliphatic carbocycles. The molecule has 3 aromatic rings. The first-order valence-corrected chi connectivity index (χ1v) is 11.1. The molecule has 5 nitrogen and oxygen atoms in total. The van der Waals surface area contributed by atoms with Crippen molar-refractivity contribution >= 4 is 58.0 Å². The quantitative estimate of drug-likeness (QED) is 0.489. The highest BCUT2D eigenvalue weighted by Gasteiger charge is 2.23. The van der Waals surface area contributed by atoms with Crippen LogP contribution < -0.4 is 9.54 Å². The van der Waals surface area contributed by atoms with Crippen molar-refractivity contribution in [3.63, 3.8) is 0 Å². The van der Waals surface area contributed by atoms with Crippen LogP contribution in [-0.2, 0) is 6.54 Å². The molecule has 1 fully saturated rings. The third-order valence-electron chi connectivity index (χ3n) is 5.72. The summed E-state index contributed by atoms with van der Waals surface area (Å²) in [5.41, 5.74) is 1.99. The summed E-state index contributed by atoms with van der Waals surface area (Å²) in [4.78, 5) is 2.91. The van der Waals surface area contributed by atoms with Crippen molar-refractivity contribution in [2.45, 2.75) is 25.5 Å². The summed E-state index contributed by atoms with van der Waals surface area (Å²) in [6.07, 6.45) is 1.63. The van der Waals surface area contributed by atoms with E-state index in [2.05, 4.69) is 9.47 Å².